The van der Waals surface area contributed by atoms with Gasteiger partial charge in [-0.05, 0) is 24.5 Å². The van der Waals surface area contributed by atoms with Gasteiger partial charge in [-0.1, -0.05) is 30.3 Å². The Morgan fingerprint density at radius 2 is 1.96 bits per heavy atom. The first-order valence-corrected chi connectivity index (χ1v) is 7.87. The molecule has 23 heavy (non-hydrogen) atoms. The third-order valence-corrected chi connectivity index (χ3v) is 4.71. The quantitative estimate of drug-likeness (QED) is 0.905. The molecule has 2 fully saturated rings. The lowest BCUT2D eigenvalue weighted by molar-refractivity contribution is 0.0783. The van der Waals surface area contributed by atoms with Crippen LogP contribution in [0.1, 0.15) is 46.4 Å². The standard InChI is InChI=1S/C17H20N4O.ClH/c18-14-10-21(9-13(14)11-4-2-1-3-5-11)17(22)16-8-15(19-20-16)12-6-7-12;/h1-5,8,12-14H,6-7,9-10,18H2,(H,19,20);1H/t13-,14+;/m0./s1. The first-order valence-electron chi connectivity index (χ1n) is 7.87. The number of rotatable bonds is 3. The molecule has 0 bridgehead atoms. The molecule has 1 aromatic carbocycles. The lowest BCUT2D eigenvalue weighted by Gasteiger charge is -2.15. The fourth-order valence-electron chi connectivity index (χ4n) is 3.26. The fraction of sp³-hybridized carbons (Fsp3) is 0.412. The second-order valence-corrected chi connectivity index (χ2v) is 6.37. The van der Waals surface area contributed by atoms with Crippen molar-refractivity contribution in [2.75, 3.05) is 13.1 Å². The van der Waals surface area contributed by atoms with Crippen LogP contribution in [0.25, 0.3) is 0 Å². The molecule has 2 aliphatic rings. The predicted molar refractivity (Wildman–Crippen MR) is 90.9 cm³/mol. The van der Waals surface area contributed by atoms with Gasteiger partial charge in [-0.15, -0.1) is 12.4 Å². The molecular weight excluding hydrogens is 312 g/mol. The first-order chi connectivity index (χ1) is 10.7. The summed E-state index contributed by atoms with van der Waals surface area (Å²) in [6.45, 7) is 1.25. The minimum absolute atomic E-state index is 0. The Balaban J connectivity index is 0.00000156. The smallest absolute Gasteiger partial charge is 0.274 e. The van der Waals surface area contributed by atoms with Crippen molar-refractivity contribution in [2.24, 2.45) is 5.73 Å². The highest BCUT2D eigenvalue weighted by molar-refractivity contribution is 5.92. The van der Waals surface area contributed by atoms with Crippen molar-refractivity contribution in [2.45, 2.75) is 30.7 Å². The number of nitrogens with zero attached hydrogens (tertiary/aromatic N) is 2. The maximum atomic E-state index is 12.6. The number of carbonyl (C=O) groups is 1. The van der Waals surface area contributed by atoms with Gasteiger partial charge < -0.3 is 10.6 Å². The summed E-state index contributed by atoms with van der Waals surface area (Å²) in [5.74, 6) is 0.760. The fourth-order valence-corrected chi connectivity index (χ4v) is 3.26. The average molecular weight is 333 g/mol. The van der Waals surface area contributed by atoms with Crippen molar-refractivity contribution < 1.29 is 4.79 Å². The van der Waals surface area contributed by atoms with Gasteiger partial charge in [-0.2, -0.15) is 5.10 Å². The Hall–Kier alpha value is -1.85. The van der Waals surface area contributed by atoms with Crippen molar-refractivity contribution in [1.82, 2.24) is 15.1 Å². The van der Waals surface area contributed by atoms with E-state index in [-0.39, 0.29) is 30.3 Å². The summed E-state index contributed by atoms with van der Waals surface area (Å²) in [6, 6.07) is 12.1. The number of likely N-dealkylation sites (tertiary alicyclic amines) is 1. The minimum Gasteiger partial charge on any atom is -0.335 e. The molecule has 3 N–H and O–H groups in total. The number of hydrogen-bond donors (Lipinski definition) is 2. The Labute approximate surface area is 141 Å². The van der Waals surface area contributed by atoms with E-state index in [4.69, 9.17) is 5.73 Å². The van der Waals surface area contributed by atoms with E-state index in [0.29, 0.717) is 24.7 Å². The van der Waals surface area contributed by atoms with Crippen LogP contribution in [0.4, 0.5) is 0 Å². The highest BCUT2D eigenvalue weighted by Crippen LogP contribution is 2.39. The van der Waals surface area contributed by atoms with E-state index < -0.39 is 0 Å². The normalized spacial score (nSPS) is 23.6. The van der Waals surface area contributed by atoms with Crippen LogP contribution in [0.2, 0.25) is 0 Å². The summed E-state index contributed by atoms with van der Waals surface area (Å²) >= 11 is 0. The number of halogens is 1. The summed E-state index contributed by atoms with van der Waals surface area (Å²) in [4.78, 5) is 14.4. The van der Waals surface area contributed by atoms with Crippen molar-refractivity contribution in [1.29, 1.82) is 0 Å². The van der Waals surface area contributed by atoms with Gasteiger partial charge in [0.25, 0.3) is 5.91 Å². The lowest BCUT2D eigenvalue weighted by Crippen LogP contribution is -2.32. The molecular formula is C17H21ClN4O. The number of carbonyl (C=O) groups excluding carboxylic acids is 1. The number of nitrogens with two attached hydrogens (primary N) is 1. The molecule has 1 amide bonds. The molecule has 2 atom stereocenters. The molecule has 0 spiro atoms. The van der Waals surface area contributed by atoms with Crippen LogP contribution in [0.5, 0.6) is 0 Å². The maximum Gasteiger partial charge on any atom is 0.274 e. The van der Waals surface area contributed by atoms with Gasteiger partial charge in [-0.25, -0.2) is 0 Å². The zero-order valence-electron chi connectivity index (χ0n) is 12.8. The van der Waals surface area contributed by atoms with Gasteiger partial charge in [0.15, 0.2) is 0 Å². The lowest BCUT2D eigenvalue weighted by atomic mass is 9.95. The van der Waals surface area contributed by atoms with E-state index in [0.717, 1.165) is 5.69 Å². The predicted octanol–water partition coefficient (Wildman–Crippen LogP) is 2.28. The Morgan fingerprint density at radius 3 is 2.65 bits per heavy atom. The van der Waals surface area contributed by atoms with Gasteiger partial charge in [0.1, 0.15) is 5.69 Å². The zero-order chi connectivity index (χ0) is 15.1. The van der Waals surface area contributed by atoms with Gasteiger partial charge >= 0.3 is 0 Å². The highest BCUT2D eigenvalue weighted by Gasteiger charge is 2.35. The van der Waals surface area contributed by atoms with Crippen LogP contribution in [-0.4, -0.2) is 40.1 Å². The average Bonchev–Trinajstić information content (AvgIpc) is 3.15. The third-order valence-electron chi connectivity index (χ3n) is 4.71. The summed E-state index contributed by atoms with van der Waals surface area (Å²) in [7, 11) is 0. The molecule has 2 heterocycles. The van der Waals surface area contributed by atoms with Gasteiger partial charge in [0.2, 0.25) is 0 Å². The molecule has 6 heteroatoms. The molecule has 1 saturated carbocycles. The van der Waals surface area contributed by atoms with E-state index in [1.165, 1.54) is 18.4 Å². The van der Waals surface area contributed by atoms with Gasteiger partial charge in [0.05, 0.1) is 0 Å². The number of nitrogens with one attached hydrogen (secondary N) is 1. The second-order valence-electron chi connectivity index (χ2n) is 6.37. The maximum absolute atomic E-state index is 12.6. The van der Waals surface area contributed by atoms with Crippen molar-refractivity contribution in [3.8, 4) is 0 Å². The van der Waals surface area contributed by atoms with Gasteiger partial charge in [-0.3, -0.25) is 9.89 Å². The number of aromatic nitrogens is 2. The monoisotopic (exact) mass is 332 g/mol. The molecule has 5 nitrogen and oxygen atoms in total. The topological polar surface area (TPSA) is 75.0 Å². The van der Waals surface area contributed by atoms with Crippen LogP contribution in [0, 0.1) is 0 Å². The molecule has 1 saturated heterocycles. The largest absolute Gasteiger partial charge is 0.335 e. The molecule has 0 unspecified atom stereocenters. The Morgan fingerprint density at radius 1 is 1.22 bits per heavy atom. The third kappa shape index (κ3) is 3.12. The van der Waals surface area contributed by atoms with Gasteiger partial charge in [0, 0.05) is 36.7 Å². The Kier molecular flexibility index (Phi) is 4.41. The summed E-state index contributed by atoms with van der Waals surface area (Å²) in [5.41, 5.74) is 9.06. The molecule has 1 aromatic heterocycles. The second kappa shape index (κ2) is 6.34. The van der Waals surface area contributed by atoms with Crippen LogP contribution in [-0.2, 0) is 0 Å². The van der Waals surface area contributed by atoms with Crippen molar-refractivity contribution in [3.63, 3.8) is 0 Å². The molecule has 1 aliphatic carbocycles. The van der Waals surface area contributed by atoms with E-state index in [9.17, 15) is 4.79 Å². The molecule has 4 rings (SSSR count). The Bertz CT molecular complexity index is 683. The van der Waals surface area contributed by atoms with Crippen LogP contribution >= 0.6 is 12.4 Å². The number of hydrogen-bond acceptors (Lipinski definition) is 3. The minimum atomic E-state index is -0.0202. The molecule has 1 aliphatic heterocycles. The van der Waals surface area contributed by atoms with Crippen molar-refractivity contribution >= 4 is 18.3 Å². The number of benzene rings is 1. The SMILES string of the molecule is Cl.N[C@@H]1CN(C(=O)c2cc(C3CC3)[nH]n2)C[C@H]1c1ccccc1. The summed E-state index contributed by atoms with van der Waals surface area (Å²) in [5, 5.41) is 7.19. The van der Waals surface area contributed by atoms with Crippen LogP contribution in [0.3, 0.4) is 0 Å². The van der Waals surface area contributed by atoms with Crippen LogP contribution < -0.4 is 5.73 Å². The highest BCUT2D eigenvalue weighted by atomic mass is 35.5. The van der Waals surface area contributed by atoms with Crippen molar-refractivity contribution in [3.05, 3.63) is 53.3 Å². The number of H-pyrrole nitrogens is 1. The summed E-state index contributed by atoms with van der Waals surface area (Å²) < 4.78 is 0. The van der Waals surface area contributed by atoms with Crippen LogP contribution in [0.15, 0.2) is 36.4 Å². The van der Waals surface area contributed by atoms with E-state index in [1.54, 1.807) is 0 Å². The van der Waals surface area contributed by atoms with E-state index in [2.05, 4.69) is 22.3 Å². The zero-order valence-corrected chi connectivity index (χ0v) is 13.6. The molecule has 122 valence electrons. The number of amides is 1. The summed E-state index contributed by atoms with van der Waals surface area (Å²) in [6.07, 6.45) is 2.39. The van der Waals surface area contributed by atoms with E-state index >= 15 is 0 Å². The first kappa shape index (κ1) is 16.0. The molecule has 0 radical (unpaired) electrons. The number of aromatic amines is 1. The van der Waals surface area contributed by atoms with E-state index in [1.807, 2.05) is 29.2 Å². The molecule has 2 aromatic rings.